The van der Waals surface area contributed by atoms with Crippen LogP contribution in [0.25, 0.3) is 0 Å². The van der Waals surface area contributed by atoms with Gasteiger partial charge < -0.3 is 19.9 Å². The number of hydrogen-bond acceptors (Lipinski definition) is 5. The van der Waals surface area contributed by atoms with Crippen LogP contribution in [-0.4, -0.2) is 47.8 Å². The molecule has 0 aromatic carbocycles. The highest BCUT2D eigenvalue weighted by Crippen LogP contribution is 2.15. The van der Waals surface area contributed by atoms with E-state index >= 15 is 0 Å². The van der Waals surface area contributed by atoms with Crippen molar-refractivity contribution in [1.29, 1.82) is 0 Å². The molecule has 7 nitrogen and oxygen atoms in total. The molecule has 1 unspecified atom stereocenters. The van der Waals surface area contributed by atoms with E-state index in [2.05, 4.69) is 23.5 Å². The van der Waals surface area contributed by atoms with Crippen LogP contribution in [0.2, 0.25) is 0 Å². The van der Waals surface area contributed by atoms with Crippen LogP contribution in [0.4, 0.5) is 0 Å². The minimum atomic E-state index is -1.21. The van der Waals surface area contributed by atoms with E-state index in [1.807, 2.05) is 0 Å². The van der Waals surface area contributed by atoms with Crippen LogP contribution in [0, 0.1) is 0 Å². The van der Waals surface area contributed by atoms with Gasteiger partial charge in [-0.2, -0.15) is 0 Å². The molecule has 0 spiro atoms. The van der Waals surface area contributed by atoms with Crippen LogP contribution in [0.3, 0.4) is 0 Å². The second-order valence-corrected chi connectivity index (χ2v) is 4.14. The number of amides is 1. The van der Waals surface area contributed by atoms with E-state index in [0.717, 1.165) is 0 Å². The van der Waals surface area contributed by atoms with Crippen LogP contribution >= 0.6 is 0 Å². The monoisotopic (exact) mass is 306 g/mol. The Balaban J connectivity index is 2.78. The average molecular weight is 306 g/mol. The van der Waals surface area contributed by atoms with Gasteiger partial charge in [-0.3, -0.25) is 4.79 Å². The molecule has 1 atom stereocenters. The molecule has 0 aliphatic heterocycles. The quantitative estimate of drug-likeness (QED) is 0.495. The molecule has 0 saturated carbocycles. The fourth-order valence-corrected chi connectivity index (χ4v) is 1.50. The Morgan fingerprint density at radius 1 is 1.36 bits per heavy atom. The number of hydrogen-bond donors (Lipinski definition) is 2. The summed E-state index contributed by atoms with van der Waals surface area (Å²) in [6.07, 6.45) is 4.43. The molecule has 22 heavy (non-hydrogen) atoms. The molecular formula is C15H18N2O5. The van der Waals surface area contributed by atoms with E-state index in [1.165, 1.54) is 18.3 Å². The Morgan fingerprint density at radius 2 is 2.09 bits per heavy atom. The first-order valence-corrected chi connectivity index (χ1v) is 6.51. The predicted octanol–water partition coefficient (Wildman–Crippen LogP) is 1.03. The highest BCUT2D eigenvalue weighted by molar-refractivity contribution is 5.97. The molecule has 0 aliphatic carbocycles. The van der Waals surface area contributed by atoms with Crippen molar-refractivity contribution in [3.05, 3.63) is 49.3 Å². The van der Waals surface area contributed by atoms with Gasteiger partial charge >= 0.3 is 5.97 Å². The average Bonchev–Trinajstić information content (AvgIpc) is 2.52. The molecule has 0 saturated heterocycles. The molecular weight excluding hydrogens is 288 g/mol. The van der Waals surface area contributed by atoms with Gasteiger partial charge in [0.05, 0.1) is 13.2 Å². The topological polar surface area (TPSA) is 97.8 Å². The van der Waals surface area contributed by atoms with Crippen molar-refractivity contribution in [1.82, 2.24) is 10.3 Å². The largest absolute Gasteiger partial charge is 0.487 e. The second-order valence-electron chi connectivity index (χ2n) is 4.14. The predicted molar refractivity (Wildman–Crippen MR) is 79.8 cm³/mol. The Morgan fingerprint density at radius 3 is 2.73 bits per heavy atom. The first-order valence-electron chi connectivity index (χ1n) is 6.51. The maximum atomic E-state index is 12.2. The maximum Gasteiger partial charge on any atom is 0.328 e. The zero-order valence-electron chi connectivity index (χ0n) is 12.0. The number of ether oxygens (including phenoxy) is 2. The lowest BCUT2D eigenvalue weighted by Gasteiger charge is -2.15. The Kier molecular flexibility index (Phi) is 7.35. The first kappa shape index (κ1) is 17.4. The Labute approximate surface area is 128 Å². The molecule has 1 amide bonds. The molecule has 1 aromatic rings. The molecule has 0 bridgehead atoms. The van der Waals surface area contributed by atoms with E-state index in [4.69, 9.17) is 14.6 Å². The summed E-state index contributed by atoms with van der Waals surface area (Å²) in [6.45, 7) is 7.19. The third-order valence-corrected chi connectivity index (χ3v) is 2.47. The normalized spacial score (nSPS) is 11.3. The summed E-state index contributed by atoms with van der Waals surface area (Å²) in [7, 11) is 0. The number of rotatable bonds is 10. The van der Waals surface area contributed by atoms with Crippen molar-refractivity contribution >= 4 is 11.9 Å². The Hall–Kier alpha value is -2.67. The Bertz CT molecular complexity index is 544. The fourth-order valence-electron chi connectivity index (χ4n) is 1.50. The summed E-state index contributed by atoms with van der Waals surface area (Å²) in [4.78, 5) is 27.2. The number of carboxylic acids is 1. The molecule has 7 heteroatoms. The van der Waals surface area contributed by atoms with Crippen LogP contribution < -0.4 is 10.1 Å². The van der Waals surface area contributed by atoms with Gasteiger partial charge in [0.2, 0.25) is 0 Å². The van der Waals surface area contributed by atoms with Gasteiger partial charge in [-0.15, -0.1) is 6.58 Å². The number of aromatic nitrogens is 1. The van der Waals surface area contributed by atoms with Crippen LogP contribution in [0.1, 0.15) is 10.5 Å². The molecule has 1 heterocycles. The summed E-state index contributed by atoms with van der Waals surface area (Å²) in [5, 5.41) is 11.4. The number of pyridine rings is 1. The van der Waals surface area contributed by atoms with Crippen LogP contribution in [0.5, 0.6) is 5.75 Å². The second kappa shape index (κ2) is 9.30. The number of carbonyl (C=O) groups is 2. The van der Waals surface area contributed by atoms with Crippen molar-refractivity contribution in [2.45, 2.75) is 6.04 Å². The van der Waals surface area contributed by atoms with E-state index in [9.17, 15) is 9.59 Å². The van der Waals surface area contributed by atoms with Gasteiger partial charge in [0.1, 0.15) is 6.61 Å². The van der Waals surface area contributed by atoms with Gasteiger partial charge in [0, 0.05) is 6.20 Å². The SMILES string of the molecule is C=CCOCC(NC(=O)c1ncccc1OCC=C)C(=O)O. The summed E-state index contributed by atoms with van der Waals surface area (Å²) < 4.78 is 10.4. The lowest BCUT2D eigenvalue weighted by atomic mass is 10.2. The molecule has 1 rings (SSSR count). The molecule has 2 N–H and O–H groups in total. The smallest absolute Gasteiger partial charge is 0.328 e. The van der Waals surface area contributed by atoms with Crippen molar-refractivity contribution in [3.8, 4) is 5.75 Å². The fraction of sp³-hybridized carbons (Fsp3) is 0.267. The van der Waals surface area contributed by atoms with Gasteiger partial charge in [0.25, 0.3) is 5.91 Å². The summed E-state index contributed by atoms with van der Waals surface area (Å²) in [5.41, 5.74) is -0.000629. The highest BCUT2D eigenvalue weighted by Gasteiger charge is 2.23. The lowest BCUT2D eigenvalue weighted by molar-refractivity contribution is -0.140. The highest BCUT2D eigenvalue weighted by atomic mass is 16.5. The molecule has 1 aromatic heterocycles. The lowest BCUT2D eigenvalue weighted by Crippen LogP contribution is -2.44. The third-order valence-electron chi connectivity index (χ3n) is 2.47. The van der Waals surface area contributed by atoms with Crippen molar-refractivity contribution in [2.75, 3.05) is 19.8 Å². The van der Waals surface area contributed by atoms with Gasteiger partial charge in [-0.05, 0) is 12.1 Å². The third kappa shape index (κ3) is 5.37. The van der Waals surface area contributed by atoms with Crippen molar-refractivity contribution in [2.24, 2.45) is 0 Å². The van der Waals surface area contributed by atoms with Crippen molar-refractivity contribution in [3.63, 3.8) is 0 Å². The number of nitrogens with one attached hydrogen (secondary N) is 1. The number of carboxylic acid groups (broad SMARTS) is 1. The minimum absolute atomic E-state index is 0.000629. The van der Waals surface area contributed by atoms with Crippen LogP contribution in [0.15, 0.2) is 43.6 Å². The van der Waals surface area contributed by atoms with Crippen LogP contribution in [-0.2, 0) is 9.53 Å². The zero-order valence-corrected chi connectivity index (χ0v) is 12.0. The van der Waals surface area contributed by atoms with Gasteiger partial charge in [-0.25, -0.2) is 9.78 Å². The zero-order chi connectivity index (χ0) is 16.4. The van der Waals surface area contributed by atoms with E-state index < -0.39 is 17.9 Å². The summed E-state index contributed by atoms with van der Waals surface area (Å²) in [5.74, 6) is -1.62. The van der Waals surface area contributed by atoms with E-state index in [1.54, 1.807) is 12.1 Å². The molecule has 0 fully saturated rings. The summed E-state index contributed by atoms with van der Waals surface area (Å²) >= 11 is 0. The van der Waals surface area contributed by atoms with E-state index in [0.29, 0.717) is 0 Å². The molecule has 0 aliphatic rings. The maximum absolute atomic E-state index is 12.2. The summed E-state index contributed by atoms with van der Waals surface area (Å²) in [6, 6.07) is 1.98. The number of nitrogens with zero attached hydrogens (tertiary/aromatic N) is 1. The van der Waals surface area contributed by atoms with Gasteiger partial charge in [-0.1, -0.05) is 18.7 Å². The number of aliphatic carboxylic acids is 1. The van der Waals surface area contributed by atoms with E-state index in [-0.39, 0.29) is 31.3 Å². The molecule has 0 radical (unpaired) electrons. The van der Waals surface area contributed by atoms with Gasteiger partial charge in [0.15, 0.2) is 17.5 Å². The first-order chi connectivity index (χ1) is 10.6. The minimum Gasteiger partial charge on any atom is -0.487 e. The standard InChI is InChI=1S/C15H18N2O5/c1-3-8-21-10-11(15(19)20)17-14(18)13-12(22-9-4-2)6-5-7-16-13/h3-7,11H,1-2,8-10H2,(H,17,18)(H,19,20). The number of carbonyl (C=O) groups excluding carboxylic acids is 1. The molecule has 118 valence electrons. The van der Waals surface area contributed by atoms with Crippen molar-refractivity contribution < 1.29 is 24.2 Å².